The van der Waals surface area contributed by atoms with E-state index in [1.165, 1.54) is 12.0 Å². The topological polar surface area (TPSA) is 52.6 Å². The van der Waals surface area contributed by atoms with E-state index in [4.69, 9.17) is 0 Å². The molecular weight excluding hydrogens is 312 g/mol. The number of benzene rings is 2. The Morgan fingerprint density at radius 2 is 1.88 bits per heavy atom. The Bertz CT molecular complexity index is 729. The van der Waals surface area contributed by atoms with E-state index in [0.29, 0.717) is 18.6 Å². The molecule has 0 aliphatic carbocycles. The summed E-state index contributed by atoms with van der Waals surface area (Å²) in [6.07, 6.45) is 3.19. The van der Waals surface area contributed by atoms with E-state index < -0.39 is 0 Å². The molecule has 0 saturated carbocycles. The van der Waals surface area contributed by atoms with Gasteiger partial charge in [-0.05, 0) is 49.1 Å². The van der Waals surface area contributed by atoms with Crippen LogP contribution in [-0.4, -0.2) is 28.5 Å². The van der Waals surface area contributed by atoms with Gasteiger partial charge in [-0.25, -0.2) is 0 Å². The van der Waals surface area contributed by atoms with Crippen molar-refractivity contribution in [1.82, 2.24) is 10.2 Å². The number of nitrogens with one attached hydrogen (secondary N) is 1. The van der Waals surface area contributed by atoms with Gasteiger partial charge >= 0.3 is 0 Å². The van der Waals surface area contributed by atoms with Crippen LogP contribution in [0, 0.1) is 5.92 Å². The molecule has 0 bridgehead atoms. The molecule has 130 valence electrons. The Hall–Kier alpha value is -2.33. The van der Waals surface area contributed by atoms with Crippen LogP contribution in [0.3, 0.4) is 0 Å². The second kappa shape index (κ2) is 6.89. The van der Waals surface area contributed by atoms with Crippen molar-refractivity contribution in [2.24, 2.45) is 5.92 Å². The summed E-state index contributed by atoms with van der Waals surface area (Å²) in [6.45, 7) is 1.60. The van der Waals surface area contributed by atoms with Crippen LogP contribution in [0.15, 0.2) is 54.6 Å². The summed E-state index contributed by atoms with van der Waals surface area (Å²) in [6, 6.07) is 18.3. The van der Waals surface area contributed by atoms with Gasteiger partial charge < -0.3 is 10.4 Å². The maximum Gasteiger partial charge on any atom is 0.225 e. The minimum Gasteiger partial charge on any atom is -0.508 e. The molecule has 2 fully saturated rings. The molecule has 0 radical (unpaired) electrons. The van der Waals surface area contributed by atoms with Crippen molar-refractivity contribution < 1.29 is 9.90 Å². The fraction of sp³-hybridized carbons (Fsp3) is 0.381. The molecule has 4 nitrogen and oxygen atoms in total. The fourth-order valence-corrected chi connectivity index (χ4v) is 4.39. The predicted molar refractivity (Wildman–Crippen MR) is 97.0 cm³/mol. The standard InChI is InChI=1S/C21H24N2O2/c24-17-10-8-15(9-11-17)14-22-21(25)18-13-20(16-5-2-1-3-6-16)23-12-4-7-19(18)23/h1-3,5-6,8-11,18-20,24H,4,7,12-14H2,(H,22,25)/t18?,19-,20?/m0/s1. The number of phenols is 1. The Morgan fingerprint density at radius 1 is 1.12 bits per heavy atom. The van der Waals surface area contributed by atoms with Gasteiger partial charge in [0.05, 0.1) is 5.92 Å². The molecule has 2 aliphatic rings. The quantitative estimate of drug-likeness (QED) is 0.901. The second-order valence-corrected chi connectivity index (χ2v) is 7.10. The smallest absolute Gasteiger partial charge is 0.225 e. The van der Waals surface area contributed by atoms with Crippen molar-refractivity contribution >= 4 is 5.91 Å². The molecule has 2 N–H and O–H groups in total. The van der Waals surface area contributed by atoms with Gasteiger partial charge in [-0.3, -0.25) is 9.69 Å². The largest absolute Gasteiger partial charge is 0.508 e. The van der Waals surface area contributed by atoms with Crippen LogP contribution in [0.25, 0.3) is 0 Å². The molecule has 4 rings (SSSR count). The van der Waals surface area contributed by atoms with Crippen molar-refractivity contribution in [3.8, 4) is 5.75 Å². The molecular formula is C21H24N2O2. The number of nitrogens with zero attached hydrogens (tertiary/aromatic N) is 1. The van der Waals surface area contributed by atoms with Gasteiger partial charge in [-0.1, -0.05) is 42.5 Å². The van der Waals surface area contributed by atoms with Gasteiger partial charge in [0.2, 0.25) is 5.91 Å². The predicted octanol–water partition coefficient (Wildman–Crippen LogP) is 3.23. The molecule has 4 heteroatoms. The average molecular weight is 336 g/mol. The Balaban J connectivity index is 1.44. The van der Waals surface area contributed by atoms with E-state index in [9.17, 15) is 9.90 Å². The van der Waals surface area contributed by atoms with Gasteiger partial charge in [0.1, 0.15) is 5.75 Å². The summed E-state index contributed by atoms with van der Waals surface area (Å²) >= 11 is 0. The number of hydrogen-bond donors (Lipinski definition) is 2. The SMILES string of the molecule is O=C(NCc1ccc(O)cc1)C1CC(c2ccccc2)N2CCC[C@@H]12. The number of aromatic hydroxyl groups is 1. The normalized spacial score (nSPS) is 25.7. The lowest BCUT2D eigenvalue weighted by Crippen LogP contribution is -2.37. The first-order chi connectivity index (χ1) is 12.2. The summed E-state index contributed by atoms with van der Waals surface area (Å²) in [5.74, 6) is 0.464. The highest BCUT2D eigenvalue weighted by molar-refractivity contribution is 5.80. The van der Waals surface area contributed by atoms with E-state index in [1.807, 2.05) is 18.2 Å². The molecule has 2 heterocycles. The maximum absolute atomic E-state index is 12.8. The zero-order chi connectivity index (χ0) is 17.2. The number of hydrogen-bond acceptors (Lipinski definition) is 3. The summed E-state index contributed by atoms with van der Waals surface area (Å²) in [5, 5.41) is 12.5. The first-order valence-electron chi connectivity index (χ1n) is 9.08. The first kappa shape index (κ1) is 16.2. The van der Waals surface area contributed by atoms with Gasteiger partial charge in [0.25, 0.3) is 0 Å². The number of fused-ring (bicyclic) bond motifs is 1. The van der Waals surface area contributed by atoms with E-state index in [0.717, 1.165) is 24.9 Å². The molecule has 2 saturated heterocycles. The third kappa shape index (κ3) is 3.27. The van der Waals surface area contributed by atoms with Gasteiger partial charge in [-0.15, -0.1) is 0 Å². The molecule has 2 unspecified atom stereocenters. The Labute approximate surface area is 148 Å². The number of rotatable bonds is 4. The van der Waals surface area contributed by atoms with Crippen LogP contribution in [0.1, 0.15) is 36.4 Å². The van der Waals surface area contributed by atoms with Crippen molar-refractivity contribution in [2.45, 2.75) is 37.9 Å². The van der Waals surface area contributed by atoms with Crippen LogP contribution >= 0.6 is 0 Å². The first-order valence-corrected chi connectivity index (χ1v) is 9.08. The highest BCUT2D eigenvalue weighted by atomic mass is 16.3. The molecule has 2 aromatic rings. The molecule has 1 amide bonds. The monoisotopic (exact) mass is 336 g/mol. The molecule has 25 heavy (non-hydrogen) atoms. The lowest BCUT2D eigenvalue weighted by atomic mass is 9.93. The zero-order valence-corrected chi connectivity index (χ0v) is 14.3. The summed E-state index contributed by atoms with van der Waals surface area (Å²) in [5.41, 5.74) is 2.33. The van der Waals surface area contributed by atoms with Crippen LogP contribution in [0.5, 0.6) is 5.75 Å². The van der Waals surface area contributed by atoms with Gasteiger partial charge in [0, 0.05) is 18.6 Å². The number of amides is 1. The summed E-state index contributed by atoms with van der Waals surface area (Å²) in [4.78, 5) is 15.3. The maximum atomic E-state index is 12.8. The zero-order valence-electron chi connectivity index (χ0n) is 14.3. The van der Waals surface area contributed by atoms with E-state index in [-0.39, 0.29) is 17.6 Å². The van der Waals surface area contributed by atoms with E-state index in [2.05, 4.69) is 34.5 Å². The Kier molecular flexibility index (Phi) is 4.45. The number of carbonyl (C=O) groups excluding carboxylic acids is 1. The lowest BCUT2D eigenvalue weighted by molar-refractivity contribution is -0.125. The van der Waals surface area contributed by atoms with Gasteiger partial charge in [-0.2, -0.15) is 0 Å². The third-order valence-corrected chi connectivity index (χ3v) is 5.61. The van der Waals surface area contributed by atoms with Crippen molar-refractivity contribution in [1.29, 1.82) is 0 Å². The summed E-state index contributed by atoms with van der Waals surface area (Å²) < 4.78 is 0. The number of carbonyl (C=O) groups is 1. The van der Waals surface area contributed by atoms with E-state index >= 15 is 0 Å². The highest BCUT2D eigenvalue weighted by Gasteiger charge is 2.46. The fourth-order valence-electron chi connectivity index (χ4n) is 4.39. The van der Waals surface area contributed by atoms with Crippen molar-refractivity contribution in [3.63, 3.8) is 0 Å². The molecule has 3 atom stereocenters. The van der Waals surface area contributed by atoms with Crippen molar-refractivity contribution in [2.75, 3.05) is 6.54 Å². The van der Waals surface area contributed by atoms with Crippen LogP contribution in [0.4, 0.5) is 0 Å². The average Bonchev–Trinajstić information content (AvgIpc) is 3.24. The third-order valence-electron chi connectivity index (χ3n) is 5.61. The van der Waals surface area contributed by atoms with Crippen molar-refractivity contribution in [3.05, 3.63) is 65.7 Å². The number of phenolic OH excluding ortho intramolecular Hbond substituents is 1. The highest BCUT2D eigenvalue weighted by Crippen LogP contribution is 2.44. The van der Waals surface area contributed by atoms with Crippen LogP contribution < -0.4 is 5.32 Å². The molecule has 2 aromatic carbocycles. The second-order valence-electron chi connectivity index (χ2n) is 7.10. The minimum absolute atomic E-state index is 0.0600. The van der Waals surface area contributed by atoms with Crippen LogP contribution in [-0.2, 0) is 11.3 Å². The lowest BCUT2D eigenvalue weighted by Gasteiger charge is -2.24. The van der Waals surface area contributed by atoms with Crippen LogP contribution in [0.2, 0.25) is 0 Å². The molecule has 2 aliphatic heterocycles. The Morgan fingerprint density at radius 3 is 2.64 bits per heavy atom. The van der Waals surface area contributed by atoms with Gasteiger partial charge in [0.15, 0.2) is 0 Å². The summed E-state index contributed by atoms with van der Waals surface area (Å²) in [7, 11) is 0. The molecule has 0 aromatic heterocycles. The minimum atomic E-state index is 0.0600. The molecule has 0 spiro atoms. The van der Waals surface area contributed by atoms with E-state index in [1.54, 1.807) is 12.1 Å².